The molecule has 0 bridgehead atoms. The molecule has 1 aliphatic carbocycles. The molecule has 2 unspecified atom stereocenters. The minimum absolute atomic E-state index is 0.0688. The van der Waals surface area contributed by atoms with Crippen LogP contribution in [0.25, 0.3) is 0 Å². The summed E-state index contributed by atoms with van der Waals surface area (Å²) in [6.45, 7) is 0.165. The molecule has 6 nitrogen and oxygen atoms in total. The highest BCUT2D eigenvalue weighted by atomic mass is 16.4. The molecule has 1 aromatic rings. The zero-order chi connectivity index (χ0) is 12.3. The standard InChI is InChI=1S/C11H15N3O3/c15-6-7-2-1-3-8(7)14-10-5-12-9(4-13-10)11(16)17/h4-5,7-8,15H,1-3,6H2,(H,13,14)(H,16,17). The van der Waals surface area contributed by atoms with Crippen molar-refractivity contribution < 1.29 is 15.0 Å². The van der Waals surface area contributed by atoms with E-state index < -0.39 is 5.97 Å². The van der Waals surface area contributed by atoms with Gasteiger partial charge in [-0.3, -0.25) is 0 Å². The number of nitrogens with zero attached hydrogens (tertiary/aromatic N) is 2. The first-order chi connectivity index (χ1) is 8.20. The molecule has 0 aliphatic heterocycles. The highest BCUT2D eigenvalue weighted by molar-refractivity contribution is 5.84. The van der Waals surface area contributed by atoms with Gasteiger partial charge in [0.25, 0.3) is 0 Å². The number of carboxylic acids is 1. The van der Waals surface area contributed by atoms with Gasteiger partial charge >= 0.3 is 5.97 Å². The van der Waals surface area contributed by atoms with Crippen LogP contribution in [0.5, 0.6) is 0 Å². The first-order valence-corrected chi connectivity index (χ1v) is 5.63. The lowest BCUT2D eigenvalue weighted by atomic mass is 10.1. The molecular weight excluding hydrogens is 222 g/mol. The third-order valence-electron chi connectivity index (χ3n) is 3.10. The predicted molar refractivity (Wildman–Crippen MR) is 60.8 cm³/mol. The Morgan fingerprint density at radius 1 is 1.41 bits per heavy atom. The number of aromatic carboxylic acids is 1. The van der Waals surface area contributed by atoms with Crippen molar-refractivity contribution in [1.82, 2.24) is 9.97 Å². The maximum Gasteiger partial charge on any atom is 0.356 e. The smallest absolute Gasteiger partial charge is 0.356 e. The van der Waals surface area contributed by atoms with Crippen LogP contribution in [0.1, 0.15) is 29.8 Å². The van der Waals surface area contributed by atoms with Gasteiger partial charge in [0.05, 0.1) is 12.4 Å². The molecule has 6 heteroatoms. The normalized spacial score (nSPS) is 23.6. The van der Waals surface area contributed by atoms with Crippen LogP contribution in [0.2, 0.25) is 0 Å². The second-order valence-electron chi connectivity index (χ2n) is 4.22. The number of aromatic nitrogens is 2. The lowest BCUT2D eigenvalue weighted by Gasteiger charge is -2.19. The van der Waals surface area contributed by atoms with Crippen molar-refractivity contribution in [1.29, 1.82) is 0 Å². The summed E-state index contributed by atoms with van der Waals surface area (Å²) in [6.07, 6.45) is 5.73. The number of anilines is 1. The molecule has 0 spiro atoms. The number of nitrogens with one attached hydrogen (secondary N) is 1. The molecule has 3 N–H and O–H groups in total. The number of aliphatic hydroxyl groups is 1. The minimum atomic E-state index is -1.09. The highest BCUT2D eigenvalue weighted by Crippen LogP contribution is 2.27. The maximum absolute atomic E-state index is 10.6. The van der Waals surface area contributed by atoms with Crippen LogP contribution in [-0.2, 0) is 0 Å². The molecule has 0 aromatic carbocycles. The van der Waals surface area contributed by atoms with Gasteiger partial charge in [0.15, 0.2) is 5.69 Å². The molecule has 1 aromatic heterocycles. The molecular formula is C11H15N3O3. The van der Waals surface area contributed by atoms with E-state index in [1.807, 2.05) is 0 Å². The molecule has 2 rings (SSSR count). The Labute approximate surface area is 98.7 Å². The average Bonchev–Trinajstić information content (AvgIpc) is 2.77. The number of hydrogen-bond acceptors (Lipinski definition) is 5. The summed E-state index contributed by atoms with van der Waals surface area (Å²) < 4.78 is 0. The van der Waals surface area contributed by atoms with Gasteiger partial charge in [-0.2, -0.15) is 0 Å². The van der Waals surface area contributed by atoms with E-state index in [-0.39, 0.29) is 24.3 Å². The molecule has 1 heterocycles. The van der Waals surface area contributed by atoms with E-state index in [4.69, 9.17) is 5.11 Å². The fourth-order valence-corrected chi connectivity index (χ4v) is 2.15. The first-order valence-electron chi connectivity index (χ1n) is 5.63. The van der Waals surface area contributed by atoms with Gasteiger partial charge in [-0.1, -0.05) is 6.42 Å². The number of carbonyl (C=O) groups is 1. The van der Waals surface area contributed by atoms with Crippen LogP contribution in [0.4, 0.5) is 5.82 Å². The van der Waals surface area contributed by atoms with E-state index in [1.165, 1.54) is 12.4 Å². The summed E-state index contributed by atoms with van der Waals surface area (Å²) in [6, 6.07) is 0.199. The lowest BCUT2D eigenvalue weighted by Crippen LogP contribution is -2.26. The van der Waals surface area contributed by atoms with E-state index in [9.17, 15) is 9.90 Å². The number of carboxylic acid groups (broad SMARTS) is 1. The zero-order valence-electron chi connectivity index (χ0n) is 9.33. The highest BCUT2D eigenvalue weighted by Gasteiger charge is 2.26. The van der Waals surface area contributed by atoms with Gasteiger partial charge in [-0.05, 0) is 12.8 Å². The summed E-state index contributed by atoms with van der Waals surface area (Å²) in [7, 11) is 0. The summed E-state index contributed by atoms with van der Waals surface area (Å²) in [4.78, 5) is 18.4. The van der Waals surface area contributed by atoms with E-state index in [0.29, 0.717) is 5.82 Å². The van der Waals surface area contributed by atoms with Gasteiger partial charge in [-0.25, -0.2) is 14.8 Å². The third-order valence-corrected chi connectivity index (χ3v) is 3.10. The quantitative estimate of drug-likeness (QED) is 0.715. The monoisotopic (exact) mass is 237 g/mol. The fraction of sp³-hybridized carbons (Fsp3) is 0.545. The molecule has 92 valence electrons. The van der Waals surface area contributed by atoms with Crippen molar-refractivity contribution in [2.45, 2.75) is 25.3 Å². The molecule has 1 saturated carbocycles. The van der Waals surface area contributed by atoms with Crippen molar-refractivity contribution in [3.63, 3.8) is 0 Å². The maximum atomic E-state index is 10.6. The Kier molecular flexibility index (Phi) is 3.53. The van der Waals surface area contributed by atoms with E-state index in [1.54, 1.807) is 0 Å². The molecule has 0 radical (unpaired) electrons. The van der Waals surface area contributed by atoms with Crippen LogP contribution < -0.4 is 5.32 Å². The van der Waals surface area contributed by atoms with Gasteiger partial charge < -0.3 is 15.5 Å². The van der Waals surface area contributed by atoms with Gasteiger partial charge in [0.1, 0.15) is 5.82 Å². The van der Waals surface area contributed by atoms with Crippen molar-refractivity contribution in [3.8, 4) is 0 Å². The predicted octanol–water partition coefficient (Wildman–Crippen LogP) is 0.748. The van der Waals surface area contributed by atoms with Crippen molar-refractivity contribution >= 4 is 11.8 Å². The average molecular weight is 237 g/mol. The lowest BCUT2D eigenvalue weighted by molar-refractivity contribution is 0.0690. The Hall–Kier alpha value is -1.69. The Morgan fingerprint density at radius 2 is 2.24 bits per heavy atom. The molecule has 0 amide bonds. The second-order valence-corrected chi connectivity index (χ2v) is 4.22. The van der Waals surface area contributed by atoms with Gasteiger partial charge in [0.2, 0.25) is 0 Å². The van der Waals surface area contributed by atoms with Crippen LogP contribution in [0.15, 0.2) is 12.4 Å². The van der Waals surface area contributed by atoms with Crippen LogP contribution in [0.3, 0.4) is 0 Å². The topological polar surface area (TPSA) is 95.3 Å². The number of aliphatic hydroxyl groups excluding tert-OH is 1. The van der Waals surface area contributed by atoms with E-state index >= 15 is 0 Å². The molecule has 0 saturated heterocycles. The SMILES string of the molecule is O=C(O)c1cnc(NC2CCCC2CO)cn1. The summed E-state index contributed by atoms with van der Waals surface area (Å²) in [5.41, 5.74) is -0.0688. The van der Waals surface area contributed by atoms with Crippen LogP contribution >= 0.6 is 0 Å². The number of rotatable bonds is 4. The molecule has 2 atom stereocenters. The second kappa shape index (κ2) is 5.09. The minimum Gasteiger partial charge on any atom is -0.476 e. The van der Waals surface area contributed by atoms with E-state index in [0.717, 1.165) is 19.3 Å². The summed E-state index contributed by atoms with van der Waals surface area (Å²) in [5, 5.41) is 21.0. The zero-order valence-corrected chi connectivity index (χ0v) is 9.33. The molecule has 1 aliphatic rings. The number of hydrogen-bond donors (Lipinski definition) is 3. The third kappa shape index (κ3) is 2.71. The van der Waals surface area contributed by atoms with Crippen LogP contribution in [-0.4, -0.2) is 38.8 Å². The Morgan fingerprint density at radius 3 is 2.82 bits per heavy atom. The fourth-order valence-electron chi connectivity index (χ4n) is 2.15. The van der Waals surface area contributed by atoms with Crippen molar-refractivity contribution in [2.75, 3.05) is 11.9 Å². The summed E-state index contributed by atoms with van der Waals surface area (Å²) >= 11 is 0. The largest absolute Gasteiger partial charge is 0.476 e. The molecule has 17 heavy (non-hydrogen) atoms. The van der Waals surface area contributed by atoms with Crippen molar-refractivity contribution in [3.05, 3.63) is 18.1 Å². The summed E-state index contributed by atoms with van der Waals surface area (Å²) in [5.74, 6) is -0.283. The van der Waals surface area contributed by atoms with Gasteiger partial charge in [0, 0.05) is 18.6 Å². The van der Waals surface area contributed by atoms with Crippen LogP contribution in [0, 0.1) is 5.92 Å². The van der Waals surface area contributed by atoms with Crippen molar-refractivity contribution in [2.24, 2.45) is 5.92 Å². The Bertz CT molecular complexity index is 393. The Balaban J connectivity index is 2.01. The van der Waals surface area contributed by atoms with Gasteiger partial charge in [-0.15, -0.1) is 0 Å². The first kappa shape index (κ1) is 11.8. The van der Waals surface area contributed by atoms with E-state index in [2.05, 4.69) is 15.3 Å². The molecule has 1 fully saturated rings.